The highest BCUT2D eigenvalue weighted by atomic mass is 35.5. The van der Waals surface area contributed by atoms with Gasteiger partial charge in [0.05, 0.1) is 33.9 Å². The van der Waals surface area contributed by atoms with Crippen molar-refractivity contribution < 1.29 is 36.3 Å². The van der Waals surface area contributed by atoms with Gasteiger partial charge in [0.1, 0.15) is 10.2 Å². The first-order chi connectivity index (χ1) is 19.0. The van der Waals surface area contributed by atoms with Gasteiger partial charge in [-0.1, -0.05) is 59.5 Å². The van der Waals surface area contributed by atoms with Crippen molar-refractivity contribution in [3.63, 3.8) is 0 Å². The zero-order chi connectivity index (χ0) is 29.0. The van der Waals surface area contributed by atoms with E-state index in [1.165, 1.54) is 18.2 Å². The van der Waals surface area contributed by atoms with Crippen molar-refractivity contribution in [3.05, 3.63) is 68.6 Å². The molecule has 1 saturated carbocycles. The van der Waals surface area contributed by atoms with Gasteiger partial charge in [0.25, 0.3) is 5.91 Å². The number of rotatable bonds is 10. The number of ether oxygens (including phenoxy) is 2. The topological polar surface area (TPSA) is 112 Å². The van der Waals surface area contributed by atoms with Crippen LogP contribution >= 0.6 is 34.5 Å². The molecule has 14 heteroatoms. The molecule has 1 heterocycles. The van der Waals surface area contributed by atoms with Crippen molar-refractivity contribution in [2.24, 2.45) is 0 Å². The van der Waals surface area contributed by atoms with E-state index in [0.717, 1.165) is 36.3 Å². The summed E-state index contributed by atoms with van der Waals surface area (Å²) in [6.45, 7) is 1.81. The lowest BCUT2D eigenvalue weighted by Crippen LogP contribution is -2.29. The van der Waals surface area contributed by atoms with E-state index in [2.05, 4.69) is 10.3 Å². The second-order valence-electron chi connectivity index (χ2n) is 8.89. The summed E-state index contributed by atoms with van der Waals surface area (Å²) in [5, 5.41) is 1.64. The van der Waals surface area contributed by atoms with Crippen LogP contribution in [0.15, 0.2) is 41.3 Å². The number of thiazole rings is 1. The summed E-state index contributed by atoms with van der Waals surface area (Å²) in [7, 11) is -4.01. The number of nitrogens with one attached hydrogen (secondary N) is 1. The first kappa shape index (κ1) is 30.2. The Hall–Kier alpha value is -2.80. The predicted octanol–water partition coefficient (Wildman–Crippen LogP) is 6.31. The number of nitrogens with zero attached hydrogens (tertiary/aromatic N) is 1. The summed E-state index contributed by atoms with van der Waals surface area (Å²) in [6.07, 6.45) is 0.322. The van der Waals surface area contributed by atoms with Gasteiger partial charge >= 0.3 is 5.97 Å². The lowest BCUT2D eigenvalue weighted by atomic mass is 10.1. The molecule has 40 heavy (non-hydrogen) atoms. The van der Waals surface area contributed by atoms with Gasteiger partial charge in [0.2, 0.25) is 6.10 Å². The van der Waals surface area contributed by atoms with Crippen LogP contribution in [0.4, 0.5) is 13.9 Å². The van der Waals surface area contributed by atoms with Gasteiger partial charge < -0.3 is 9.47 Å². The summed E-state index contributed by atoms with van der Waals surface area (Å²) in [6, 6.07) is 6.65. The number of carbonyl (C=O) groups is 2. The third kappa shape index (κ3) is 6.73. The highest BCUT2D eigenvalue weighted by Gasteiger charge is 2.38. The van der Waals surface area contributed by atoms with Crippen molar-refractivity contribution in [3.8, 4) is 5.75 Å². The van der Waals surface area contributed by atoms with Crippen molar-refractivity contribution in [1.29, 1.82) is 0 Å². The fourth-order valence-electron chi connectivity index (χ4n) is 4.37. The smallest absolute Gasteiger partial charge is 0.311 e. The number of amides is 1. The molecule has 1 N–H and O–H groups in total. The molecule has 1 atom stereocenters. The Balaban J connectivity index is 1.74. The van der Waals surface area contributed by atoms with Crippen molar-refractivity contribution in [2.75, 3.05) is 11.9 Å². The molecular weight excluding hydrogens is 609 g/mol. The Morgan fingerprint density at radius 3 is 2.58 bits per heavy atom. The van der Waals surface area contributed by atoms with E-state index in [9.17, 15) is 26.8 Å². The molecule has 1 aromatic heterocycles. The fraction of sp³-hybridized carbons (Fsp3) is 0.346. The predicted molar refractivity (Wildman–Crippen MR) is 147 cm³/mol. The van der Waals surface area contributed by atoms with Crippen LogP contribution in [0.25, 0.3) is 0 Å². The number of sulfone groups is 1. The summed E-state index contributed by atoms with van der Waals surface area (Å²) in [4.78, 5) is 29.3. The third-order valence-electron chi connectivity index (χ3n) is 6.18. The maximum Gasteiger partial charge on any atom is 0.311 e. The first-order valence-corrected chi connectivity index (χ1v) is 15.4. The van der Waals surface area contributed by atoms with Crippen LogP contribution in [-0.2, 0) is 30.6 Å². The van der Waals surface area contributed by atoms with Crippen LogP contribution in [0.5, 0.6) is 5.75 Å². The summed E-state index contributed by atoms with van der Waals surface area (Å²) >= 11 is 13.4. The molecule has 214 valence electrons. The lowest BCUT2D eigenvalue weighted by Gasteiger charge is -2.23. The SMILES string of the molecule is CCOC(=O)Cc1nc(NC(=O)C(Oc2ccc(F)cc2F)c2cccc(Cl)c2S(=O)(=O)C2CCCC2)sc1Cl. The molecule has 0 bridgehead atoms. The Kier molecular flexibility index (Phi) is 9.65. The molecule has 1 unspecified atom stereocenters. The highest BCUT2D eigenvalue weighted by Crippen LogP contribution is 2.39. The Labute approximate surface area is 243 Å². The van der Waals surface area contributed by atoms with Gasteiger partial charge in [-0.3, -0.25) is 14.9 Å². The van der Waals surface area contributed by atoms with Crippen LogP contribution in [0.2, 0.25) is 9.36 Å². The van der Waals surface area contributed by atoms with Gasteiger partial charge in [-0.25, -0.2) is 22.2 Å². The van der Waals surface area contributed by atoms with Crippen LogP contribution in [0.1, 0.15) is 50.0 Å². The quantitative estimate of drug-likeness (QED) is 0.261. The molecular formula is C26H24Cl2F2N2O6S2. The molecule has 1 amide bonds. The number of hydrogen-bond donors (Lipinski definition) is 1. The van der Waals surface area contributed by atoms with Crippen LogP contribution in [0.3, 0.4) is 0 Å². The molecule has 3 aromatic rings. The molecule has 1 aliphatic rings. The number of esters is 1. The molecule has 0 spiro atoms. The van der Waals surface area contributed by atoms with E-state index >= 15 is 0 Å². The molecule has 2 aromatic carbocycles. The normalized spacial score (nSPS) is 14.6. The van der Waals surface area contributed by atoms with Crippen molar-refractivity contribution >= 4 is 61.4 Å². The monoisotopic (exact) mass is 632 g/mol. The van der Waals surface area contributed by atoms with Gasteiger partial charge in [0, 0.05) is 11.6 Å². The summed E-state index contributed by atoms with van der Waals surface area (Å²) in [5.41, 5.74) is 0.0322. The molecule has 8 nitrogen and oxygen atoms in total. The van der Waals surface area contributed by atoms with Crippen LogP contribution in [0, 0.1) is 11.6 Å². The van der Waals surface area contributed by atoms with E-state index in [4.69, 9.17) is 32.7 Å². The second kappa shape index (κ2) is 12.8. The molecule has 4 rings (SSSR count). The Morgan fingerprint density at radius 1 is 1.18 bits per heavy atom. The van der Waals surface area contributed by atoms with E-state index in [1.54, 1.807) is 6.92 Å². The maximum absolute atomic E-state index is 14.6. The third-order valence-corrected chi connectivity index (χ3v) is 10.2. The minimum Gasteiger partial charge on any atom is -0.473 e. The Morgan fingerprint density at radius 2 is 1.90 bits per heavy atom. The number of carbonyl (C=O) groups excluding carboxylic acids is 2. The number of benzene rings is 2. The minimum absolute atomic E-state index is 0.0234. The van der Waals surface area contributed by atoms with Gasteiger partial charge in [-0.15, -0.1) is 0 Å². The largest absolute Gasteiger partial charge is 0.473 e. The maximum atomic E-state index is 14.6. The van der Waals surface area contributed by atoms with E-state index in [-0.39, 0.29) is 43.7 Å². The zero-order valence-electron chi connectivity index (χ0n) is 21.1. The second-order valence-corrected chi connectivity index (χ2v) is 13.1. The van der Waals surface area contributed by atoms with Crippen molar-refractivity contribution in [1.82, 2.24) is 4.98 Å². The number of anilines is 1. The molecule has 1 aliphatic carbocycles. The van der Waals surface area contributed by atoms with Gasteiger partial charge in [-0.05, 0) is 38.0 Å². The summed E-state index contributed by atoms with van der Waals surface area (Å²) < 4.78 is 66.2. The summed E-state index contributed by atoms with van der Waals surface area (Å²) in [5.74, 6) is -3.96. The standard InChI is InChI=1S/C26H24Cl2F2N2O6S2/c1-2-37-21(33)13-19-24(28)39-26(31-19)32-25(34)22(38-20-11-10-14(29)12-18(20)30)16-8-5-9-17(27)23(16)40(35,36)15-6-3-4-7-15/h5,8-12,15,22H,2-4,6-7,13H2,1H3,(H,31,32,34). The van der Waals surface area contributed by atoms with Gasteiger partial charge in [0.15, 0.2) is 26.5 Å². The lowest BCUT2D eigenvalue weighted by molar-refractivity contribution is -0.142. The van der Waals surface area contributed by atoms with Gasteiger partial charge in [-0.2, -0.15) is 0 Å². The highest BCUT2D eigenvalue weighted by molar-refractivity contribution is 7.92. The van der Waals surface area contributed by atoms with Crippen LogP contribution in [-0.4, -0.2) is 37.1 Å². The van der Waals surface area contributed by atoms with Crippen LogP contribution < -0.4 is 10.1 Å². The number of halogens is 4. The average Bonchev–Trinajstić information content (AvgIpc) is 3.54. The zero-order valence-corrected chi connectivity index (χ0v) is 24.2. The molecule has 0 saturated heterocycles. The minimum atomic E-state index is -4.01. The molecule has 0 aliphatic heterocycles. The average molecular weight is 634 g/mol. The van der Waals surface area contributed by atoms with E-state index in [0.29, 0.717) is 18.9 Å². The number of aromatic nitrogens is 1. The number of hydrogen-bond acceptors (Lipinski definition) is 8. The first-order valence-electron chi connectivity index (χ1n) is 12.3. The van der Waals surface area contributed by atoms with E-state index in [1.807, 2.05) is 0 Å². The van der Waals surface area contributed by atoms with E-state index < -0.39 is 50.5 Å². The fourth-order valence-corrected chi connectivity index (χ4v) is 8.05. The molecule has 0 radical (unpaired) electrons. The Bertz CT molecular complexity index is 1530. The van der Waals surface area contributed by atoms with Crippen molar-refractivity contribution in [2.45, 2.75) is 55.3 Å². The molecule has 1 fully saturated rings.